The van der Waals surface area contributed by atoms with Crippen molar-refractivity contribution in [2.24, 2.45) is 0 Å². The number of benzene rings is 2. The molecule has 0 bridgehead atoms. The van der Waals surface area contributed by atoms with E-state index in [4.69, 9.17) is 0 Å². The molecule has 0 aliphatic carbocycles. The maximum atomic E-state index is 12.9. The van der Waals surface area contributed by atoms with Crippen molar-refractivity contribution in [3.8, 4) is 11.8 Å². The fourth-order valence-corrected chi connectivity index (χ4v) is 4.06. The molecule has 0 fully saturated rings. The number of para-hydroxylation sites is 2. The van der Waals surface area contributed by atoms with Crippen molar-refractivity contribution in [2.45, 2.75) is 25.8 Å². The van der Waals surface area contributed by atoms with Crippen molar-refractivity contribution in [1.29, 1.82) is 5.26 Å². The molecule has 34 heavy (non-hydrogen) atoms. The molecule has 2 heterocycles. The second-order valence-electron chi connectivity index (χ2n) is 8.06. The Morgan fingerprint density at radius 3 is 2.24 bits per heavy atom. The van der Waals surface area contributed by atoms with Crippen LogP contribution in [0.3, 0.4) is 0 Å². The van der Waals surface area contributed by atoms with Crippen molar-refractivity contribution < 1.29 is 9.59 Å². The summed E-state index contributed by atoms with van der Waals surface area (Å²) >= 11 is 0. The minimum Gasteiger partial charge on any atom is -0.350 e. The highest BCUT2D eigenvalue weighted by Gasteiger charge is 2.31. The second-order valence-corrected chi connectivity index (χ2v) is 8.06. The molecule has 0 saturated heterocycles. The van der Waals surface area contributed by atoms with E-state index in [0.29, 0.717) is 5.82 Å². The summed E-state index contributed by atoms with van der Waals surface area (Å²) < 4.78 is 1.65. The molecule has 3 aromatic rings. The number of hydrogen-bond donors (Lipinski definition) is 1. The van der Waals surface area contributed by atoms with E-state index < -0.39 is 0 Å². The number of allylic oxidation sites excluding steroid dienone is 1. The van der Waals surface area contributed by atoms with Gasteiger partial charge in [-0.1, -0.05) is 24.3 Å². The van der Waals surface area contributed by atoms with Crippen LogP contribution in [0.1, 0.15) is 31.4 Å². The first-order valence-corrected chi connectivity index (χ1v) is 10.9. The van der Waals surface area contributed by atoms with Crippen LogP contribution in [0.5, 0.6) is 0 Å². The standard InChI is InChI=1S/C25H25N7O2/c1-17(18-8-10-19(11-9-18)32-16-27-15-28-32)29-24(34)13-12-23(33)20(14-26)25-30(2)21-6-4-5-7-22(21)31(25)3/h4-11,15-17H,12-13H2,1-3H3,(H,29,34). The fraction of sp³-hybridized carbons (Fsp3) is 0.240. The molecule has 9 heteroatoms. The number of hydrogen-bond acceptors (Lipinski definition) is 7. The number of nitrogens with one attached hydrogen (secondary N) is 1. The molecule has 9 nitrogen and oxygen atoms in total. The lowest BCUT2D eigenvalue weighted by atomic mass is 10.1. The molecular formula is C25H25N7O2. The number of anilines is 2. The van der Waals surface area contributed by atoms with Gasteiger partial charge < -0.3 is 15.1 Å². The van der Waals surface area contributed by atoms with Gasteiger partial charge in [-0.3, -0.25) is 9.59 Å². The maximum absolute atomic E-state index is 12.9. The average molecular weight is 456 g/mol. The molecule has 0 saturated carbocycles. The highest BCUT2D eigenvalue weighted by Crippen LogP contribution is 2.40. The van der Waals surface area contributed by atoms with Gasteiger partial charge in [-0.15, -0.1) is 0 Å². The van der Waals surface area contributed by atoms with E-state index in [1.807, 2.05) is 79.3 Å². The van der Waals surface area contributed by atoms with Crippen LogP contribution in [0, 0.1) is 11.3 Å². The normalized spacial score (nSPS) is 13.3. The van der Waals surface area contributed by atoms with E-state index in [0.717, 1.165) is 22.6 Å². The molecule has 1 N–H and O–H groups in total. The van der Waals surface area contributed by atoms with E-state index in [-0.39, 0.29) is 36.1 Å². The summed E-state index contributed by atoms with van der Waals surface area (Å²) in [7, 11) is 3.65. The van der Waals surface area contributed by atoms with Gasteiger partial charge in [0, 0.05) is 26.9 Å². The summed E-state index contributed by atoms with van der Waals surface area (Å²) in [5.74, 6) is -0.0844. The van der Waals surface area contributed by atoms with Crippen LogP contribution in [-0.4, -0.2) is 40.6 Å². The number of amides is 1. The maximum Gasteiger partial charge on any atom is 0.220 e. The third-order valence-electron chi connectivity index (χ3n) is 5.89. The lowest BCUT2D eigenvalue weighted by molar-refractivity contribution is -0.124. The van der Waals surface area contributed by atoms with Crippen LogP contribution >= 0.6 is 0 Å². The van der Waals surface area contributed by atoms with Crippen LogP contribution in [0.4, 0.5) is 11.4 Å². The summed E-state index contributed by atoms with van der Waals surface area (Å²) in [4.78, 5) is 33.0. The Labute approximate surface area is 197 Å². The lowest BCUT2D eigenvalue weighted by Crippen LogP contribution is -2.28. The molecule has 1 amide bonds. The van der Waals surface area contributed by atoms with Gasteiger partial charge in [0.2, 0.25) is 5.91 Å². The molecular weight excluding hydrogens is 430 g/mol. The van der Waals surface area contributed by atoms with Crippen molar-refractivity contribution in [1.82, 2.24) is 20.1 Å². The quantitative estimate of drug-likeness (QED) is 0.431. The zero-order valence-corrected chi connectivity index (χ0v) is 19.3. The minimum atomic E-state index is -0.357. The number of carbonyl (C=O) groups excluding carboxylic acids is 2. The van der Waals surface area contributed by atoms with E-state index in [1.165, 1.54) is 6.33 Å². The number of carbonyl (C=O) groups is 2. The molecule has 0 radical (unpaired) electrons. The van der Waals surface area contributed by atoms with Crippen molar-refractivity contribution in [3.05, 3.63) is 78.1 Å². The minimum absolute atomic E-state index is 0.000942. The molecule has 172 valence electrons. The third-order valence-corrected chi connectivity index (χ3v) is 5.89. The SMILES string of the molecule is CC(NC(=O)CCC(=O)C(C#N)=C1N(C)c2ccccc2N1C)c1ccc(-n2cncn2)cc1. The number of ketones is 1. The molecule has 1 atom stereocenters. The summed E-state index contributed by atoms with van der Waals surface area (Å²) in [6.07, 6.45) is 3.03. The fourth-order valence-electron chi connectivity index (χ4n) is 4.06. The Morgan fingerprint density at radius 2 is 1.68 bits per heavy atom. The number of rotatable bonds is 7. The highest BCUT2D eigenvalue weighted by molar-refractivity contribution is 6.03. The van der Waals surface area contributed by atoms with Crippen LogP contribution in [0.15, 0.2) is 72.6 Å². The topological polar surface area (TPSA) is 107 Å². The van der Waals surface area contributed by atoms with E-state index >= 15 is 0 Å². The van der Waals surface area contributed by atoms with Gasteiger partial charge in [0.05, 0.1) is 23.1 Å². The number of aromatic nitrogens is 3. The smallest absolute Gasteiger partial charge is 0.220 e. The Morgan fingerprint density at radius 1 is 1.03 bits per heavy atom. The Bertz CT molecular complexity index is 1240. The summed E-state index contributed by atoms with van der Waals surface area (Å²) in [5, 5.41) is 16.7. The monoisotopic (exact) mass is 455 g/mol. The number of Topliss-reactive ketones (excluding diaryl/α,β-unsaturated/α-hetero) is 1. The van der Waals surface area contributed by atoms with E-state index in [9.17, 15) is 14.9 Å². The van der Waals surface area contributed by atoms with Gasteiger partial charge >= 0.3 is 0 Å². The van der Waals surface area contributed by atoms with Crippen molar-refractivity contribution in [3.63, 3.8) is 0 Å². The Balaban J connectivity index is 1.37. The first-order chi connectivity index (χ1) is 16.4. The number of nitrogens with zero attached hydrogens (tertiary/aromatic N) is 6. The Kier molecular flexibility index (Phi) is 6.41. The predicted molar refractivity (Wildman–Crippen MR) is 128 cm³/mol. The van der Waals surface area contributed by atoms with Crippen LogP contribution in [0.2, 0.25) is 0 Å². The second kappa shape index (κ2) is 9.58. The molecule has 1 unspecified atom stereocenters. The van der Waals surface area contributed by atoms with Crippen LogP contribution in [-0.2, 0) is 9.59 Å². The first kappa shape index (κ1) is 22.7. The lowest BCUT2D eigenvalue weighted by Gasteiger charge is -2.20. The highest BCUT2D eigenvalue weighted by atomic mass is 16.2. The number of nitriles is 1. The zero-order chi connectivity index (χ0) is 24.2. The van der Waals surface area contributed by atoms with Crippen LogP contribution < -0.4 is 15.1 Å². The van der Waals surface area contributed by atoms with Crippen LogP contribution in [0.25, 0.3) is 5.69 Å². The van der Waals surface area contributed by atoms with Gasteiger partial charge in [0.1, 0.15) is 30.1 Å². The molecule has 0 spiro atoms. The first-order valence-electron chi connectivity index (χ1n) is 10.9. The van der Waals surface area contributed by atoms with Gasteiger partial charge in [0.25, 0.3) is 0 Å². The van der Waals surface area contributed by atoms with Gasteiger partial charge in [-0.2, -0.15) is 10.4 Å². The zero-order valence-electron chi connectivity index (χ0n) is 19.3. The molecule has 1 aromatic heterocycles. The molecule has 2 aromatic carbocycles. The Hall–Kier alpha value is -4.45. The van der Waals surface area contributed by atoms with Crippen molar-refractivity contribution >= 4 is 23.1 Å². The van der Waals surface area contributed by atoms with Crippen molar-refractivity contribution in [2.75, 3.05) is 23.9 Å². The molecule has 4 rings (SSSR count). The van der Waals surface area contributed by atoms with Gasteiger partial charge in [-0.25, -0.2) is 9.67 Å². The van der Waals surface area contributed by atoms with E-state index in [1.54, 1.807) is 11.0 Å². The molecule has 1 aliphatic rings. The van der Waals surface area contributed by atoms with Gasteiger partial charge in [0.15, 0.2) is 5.78 Å². The molecule has 1 aliphatic heterocycles. The predicted octanol–water partition coefficient (Wildman–Crippen LogP) is 3.12. The average Bonchev–Trinajstić information content (AvgIpc) is 3.47. The summed E-state index contributed by atoms with van der Waals surface area (Å²) in [6.45, 7) is 1.88. The third kappa shape index (κ3) is 4.38. The van der Waals surface area contributed by atoms with Gasteiger partial charge in [-0.05, 0) is 36.8 Å². The summed E-state index contributed by atoms with van der Waals surface area (Å²) in [6, 6.07) is 17.1. The largest absolute Gasteiger partial charge is 0.350 e. The van der Waals surface area contributed by atoms with E-state index in [2.05, 4.69) is 21.5 Å². The number of fused-ring (bicyclic) bond motifs is 1. The summed E-state index contributed by atoms with van der Waals surface area (Å²) in [5.41, 5.74) is 3.68.